The van der Waals surface area contributed by atoms with Gasteiger partial charge in [-0.25, -0.2) is 13.2 Å². The number of carbonyl (C=O) groups is 2. The van der Waals surface area contributed by atoms with Crippen LogP contribution in [0.4, 0.5) is 10.5 Å². The highest BCUT2D eigenvalue weighted by molar-refractivity contribution is 8.05. The molecule has 214 valence electrons. The zero-order chi connectivity index (χ0) is 28.4. The largest absolute Gasteiger partial charge is 0.444 e. The number of hydrogen-bond donors (Lipinski definition) is 1. The summed E-state index contributed by atoms with van der Waals surface area (Å²) in [6.45, 7) is 6.33. The van der Waals surface area contributed by atoms with E-state index in [4.69, 9.17) is 16.3 Å². The summed E-state index contributed by atoms with van der Waals surface area (Å²) in [6.07, 6.45) is 5.55. The highest BCUT2D eigenvalue weighted by atomic mass is 35.5. The molecule has 0 radical (unpaired) electrons. The van der Waals surface area contributed by atoms with E-state index in [9.17, 15) is 23.1 Å². The molecule has 1 aromatic rings. The number of halogens is 1. The van der Waals surface area contributed by atoms with Gasteiger partial charge in [-0.1, -0.05) is 29.8 Å². The Labute approximate surface area is 239 Å². The molecule has 0 aliphatic carbocycles. The summed E-state index contributed by atoms with van der Waals surface area (Å²) < 4.78 is 33.7. The number of aliphatic hydroxyl groups is 1. The number of ether oxygens (including phenoxy) is 1. The third-order valence-corrected chi connectivity index (χ3v) is 9.86. The van der Waals surface area contributed by atoms with Crippen molar-refractivity contribution < 1.29 is 27.9 Å². The molecule has 4 rings (SSSR count). The Morgan fingerprint density at radius 1 is 1.28 bits per heavy atom. The van der Waals surface area contributed by atoms with Gasteiger partial charge >= 0.3 is 6.09 Å². The Morgan fingerprint density at radius 2 is 2.05 bits per heavy atom. The second kappa shape index (κ2) is 12.2. The summed E-state index contributed by atoms with van der Waals surface area (Å²) in [7, 11) is -3.94. The molecule has 2 atom stereocenters. The fourth-order valence-corrected chi connectivity index (χ4v) is 7.77. The van der Waals surface area contributed by atoms with E-state index in [0.717, 1.165) is 33.7 Å². The quantitative estimate of drug-likeness (QED) is 0.502. The molecule has 1 N–H and O–H groups in total. The van der Waals surface area contributed by atoms with Crippen LogP contribution in [0.5, 0.6) is 0 Å². The molecule has 0 spiro atoms. The average molecular weight is 598 g/mol. The van der Waals surface area contributed by atoms with Gasteiger partial charge in [-0.2, -0.15) is 4.31 Å². The molecule has 39 heavy (non-hydrogen) atoms. The van der Waals surface area contributed by atoms with Crippen LogP contribution in [-0.2, 0) is 32.5 Å². The summed E-state index contributed by atoms with van der Waals surface area (Å²) >= 11 is 7.37. The number of aliphatic hydroxyl groups excluding tert-OH is 1. The summed E-state index contributed by atoms with van der Waals surface area (Å²) in [6, 6.07) is 4.84. The van der Waals surface area contributed by atoms with Crippen LogP contribution in [0.3, 0.4) is 0 Å². The van der Waals surface area contributed by atoms with Crippen molar-refractivity contribution >= 4 is 51.1 Å². The zero-order valence-electron chi connectivity index (χ0n) is 22.5. The molecule has 0 saturated carbocycles. The number of allylic oxidation sites excluding steroid dienone is 1. The molecule has 1 aromatic carbocycles. The van der Waals surface area contributed by atoms with Crippen molar-refractivity contribution in [2.45, 2.75) is 69.9 Å². The minimum atomic E-state index is -3.94. The van der Waals surface area contributed by atoms with Crippen LogP contribution in [0.2, 0.25) is 0 Å². The number of sulfonamides is 1. The monoisotopic (exact) mass is 597 g/mol. The molecule has 3 heterocycles. The van der Waals surface area contributed by atoms with E-state index >= 15 is 0 Å². The average Bonchev–Trinajstić information content (AvgIpc) is 3.37. The smallest absolute Gasteiger partial charge is 0.410 e. The number of anilines is 1. The van der Waals surface area contributed by atoms with E-state index in [-0.39, 0.29) is 23.8 Å². The lowest BCUT2D eigenvalue weighted by Gasteiger charge is -2.27. The first kappa shape index (κ1) is 29.9. The van der Waals surface area contributed by atoms with E-state index in [0.29, 0.717) is 42.5 Å². The second-order valence-corrected chi connectivity index (χ2v) is 14.5. The van der Waals surface area contributed by atoms with Gasteiger partial charge in [-0.05, 0) is 69.7 Å². The molecule has 0 bridgehead atoms. The Hall–Kier alpha value is -2.05. The number of aryl methyl sites for hydroxylation is 1. The van der Waals surface area contributed by atoms with Crippen LogP contribution in [0.15, 0.2) is 40.1 Å². The molecule has 1 fully saturated rings. The maximum Gasteiger partial charge on any atom is 0.410 e. The summed E-state index contributed by atoms with van der Waals surface area (Å²) in [5.41, 5.74) is 2.18. The first-order chi connectivity index (χ1) is 18.4. The Morgan fingerprint density at radius 3 is 2.72 bits per heavy atom. The molecule has 0 aromatic heterocycles. The maximum atomic E-state index is 13.5. The van der Waals surface area contributed by atoms with Gasteiger partial charge in [-0.3, -0.25) is 4.79 Å². The van der Waals surface area contributed by atoms with Crippen molar-refractivity contribution in [3.63, 3.8) is 0 Å². The Bertz CT molecular complexity index is 1260. The van der Waals surface area contributed by atoms with Gasteiger partial charge < -0.3 is 19.6 Å². The molecular formula is C27H36ClN3O6S2. The lowest BCUT2D eigenvalue weighted by atomic mass is 10.0. The van der Waals surface area contributed by atoms with Crippen LogP contribution in [0.25, 0.3) is 0 Å². The third-order valence-electron chi connectivity index (χ3n) is 6.80. The number of benzene rings is 1. The predicted octanol–water partition coefficient (Wildman–Crippen LogP) is 4.20. The second-order valence-electron chi connectivity index (χ2n) is 10.9. The molecule has 1 unspecified atom stereocenters. The number of carbonyl (C=O) groups excluding carboxylic acids is 2. The minimum Gasteiger partial charge on any atom is -0.444 e. The van der Waals surface area contributed by atoms with Crippen LogP contribution >= 0.6 is 23.4 Å². The summed E-state index contributed by atoms with van der Waals surface area (Å²) in [4.78, 5) is 29.4. The molecule has 2 amide bonds. The normalized spacial score (nSPS) is 22.4. The number of hydrogen-bond acceptors (Lipinski definition) is 7. The number of rotatable bonds is 7. The first-order valence-corrected chi connectivity index (χ1v) is 15.9. The molecule has 1 saturated heterocycles. The van der Waals surface area contributed by atoms with Crippen molar-refractivity contribution in [1.29, 1.82) is 0 Å². The van der Waals surface area contributed by atoms with Gasteiger partial charge in [0.1, 0.15) is 11.6 Å². The van der Waals surface area contributed by atoms with Crippen LogP contribution in [0.1, 0.15) is 51.2 Å². The maximum absolute atomic E-state index is 13.5. The molecule has 3 aliphatic rings. The van der Waals surface area contributed by atoms with Crippen LogP contribution in [-0.4, -0.2) is 77.9 Å². The first-order valence-electron chi connectivity index (χ1n) is 13.1. The Kier molecular flexibility index (Phi) is 9.37. The minimum absolute atomic E-state index is 0.0788. The van der Waals surface area contributed by atoms with E-state index in [2.05, 4.69) is 0 Å². The number of fused-ring (bicyclic) bond motifs is 1. The summed E-state index contributed by atoms with van der Waals surface area (Å²) in [5, 5.41) is 10.6. The molecule has 9 nitrogen and oxygen atoms in total. The highest BCUT2D eigenvalue weighted by Crippen LogP contribution is 2.36. The van der Waals surface area contributed by atoms with Crippen molar-refractivity contribution in [2.75, 3.05) is 31.1 Å². The van der Waals surface area contributed by atoms with E-state index < -0.39 is 28.3 Å². The van der Waals surface area contributed by atoms with Gasteiger partial charge in [-0.15, -0.1) is 11.8 Å². The Balaban J connectivity index is 1.48. The SMILES string of the molecule is CC(C)(C)OC(=O)N1CCCc2cc(N3CC[C@H](N(CCO)S(=O)(=O)/C=C/C4CC=C(Cl)S4)C3=O)ccc2C1. The lowest BCUT2D eigenvalue weighted by Crippen LogP contribution is -2.46. The number of thioether (sulfide) groups is 1. The van der Waals surface area contributed by atoms with E-state index in [1.165, 1.54) is 11.8 Å². The van der Waals surface area contributed by atoms with Crippen LogP contribution < -0.4 is 4.90 Å². The van der Waals surface area contributed by atoms with Gasteiger partial charge in [0.15, 0.2) is 0 Å². The van der Waals surface area contributed by atoms with E-state index in [1.54, 1.807) is 15.9 Å². The standard InChI is InChI=1S/C27H36ClN3O6S2/c1-27(2,3)37-26(34)29-12-4-5-19-17-21(7-6-20(19)18-29)30-13-10-23(25(30)33)31(14-15-32)39(35,36)16-11-22-8-9-24(28)38-22/h6-7,9,11,16-17,22-23,32H,4-5,8,10,12-15,18H2,1-3H3/b16-11+/t22?,23-/m0/s1. The molecule has 3 aliphatic heterocycles. The lowest BCUT2D eigenvalue weighted by molar-refractivity contribution is -0.120. The van der Waals surface area contributed by atoms with Gasteiger partial charge in [0, 0.05) is 42.5 Å². The highest BCUT2D eigenvalue weighted by Gasteiger charge is 2.41. The fourth-order valence-electron chi connectivity index (χ4n) is 4.97. The fraction of sp³-hybridized carbons (Fsp3) is 0.556. The third kappa shape index (κ3) is 7.38. The van der Waals surface area contributed by atoms with Gasteiger partial charge in [0.25, 0.3) is 0 Å². The molecular weight excluding hydrogens is 562 g/mol. The van der Waals surface area contributed by atoms with Crippen molar-refractivity contribution in [3.05, 3.63) is 51.3 Å². The van der Waals surface area contributed by atoms with Crippen LogP contribution in [0, 0.1) is 0 Å². The van der Waals surface area contributed by atoms with E-state index in [1.807, 2.05) is 45.0 Å². The summed E-state index contributed by atoms with van der Waals surface area (Å²) in [5.74, 6) is -0.315. The van der Waals surface area contributed by atoms with Gasteiger partial charge in [0.05, 0.1) is 11.0 Å². The zero-order valence-corrected chi connectivity index (χ0v) is 24.9. The van der Waals surface area contributed by atoms with Gasteiger partial charge in [0.2, 0.25) is 15.9 Å². The number of nitrogens with zero attached hydrogens (tertiary/aromatic N) is 3. The number of amides is 2. The topological polar surface area (TPSA) is 107 Å². The predicted molar refractivity (Wildman–Crippen MR) is 154 cm³/mol. The van der Waals surface area contributed by atoms with Crippen molar-refractivity contribution in [3.8, 4) is 0 Å². The van der Waals surface area contributed by atoms with Crippen molar-refractivity contribution in [1.82, 2.24) is 9.21 Å². The van der Waals surface area contributed by atoms with Crippen molar-refractivity contribution in [2.24, 2.45) is 0 Å². The molecule has 12 heteroatoms.